The van der Waals surface area contributed by atoms with Crippen molar-refractivity contribution in [1.29, 1.82) is 0 Å². The van der Waals surface area contributed by atoms with Crippen molar-refractivity contribution in [3.05, 3.63) is 0 Å². The van der Waals surface area contributed by atoms with Gasteiger partial charge < -0.3 is 0 Å². The van der Waals surface area contributed by atoms with Crippen LogP contribution in [0.1, 0.15) is 0 Å². The minimum atomic E-state index is -4.19. The van der Waals surface area contributed by atoms with Crippen molar-refractivity contribution >= 4 is 94.8 Å². The number of halogens is 6. The Morgan fingerprint density at radius 2 is 0.194 bits per heavy atom. The summed E-state index contributed by atoms with van der Waals surface area (Å²) in [5, 5.41) is 0. The van der Waals surface area contributed by atoms with E-state index in [2.05, 4.69) is 0 Å². The third-order valence-electron chi connectivity index (χ3n) is 0. The van der Waals surface area contributed by atoms with Crippen LogP contribution in [0.15, 0.2) is 0 Å². The molecule has 36 heavy (non-hydrogen) atoms. The van der Waals surface area contributed by atoms with Crippen LogP contribution < -0.4 is 275 Å². The fourth-order valence-electron chi connectivity index (χ4n) is 0. The van der Waals surface area contributed by atoms with Crippen molar-refractivity contribution in [1.82, 2.24) is 0 Å². The summed E-state index contributed by atoms with van der Waals surface area (Å²) in [5.41, 5.74) is 0. The van der Waals surface area contributed by atoms with Gasteiger partial charge in [0.05, 0.1) is 0 Å². The van der Waals surface area contributed by atoms with E-state index in [4.69, 9.17) is 49.1 Å². The first-order valence-corrected chi connectivity index (χ1v) is 16.7. The Labute approximate surface area is 383 Å². The molecule has 0 fully saturated rings. The molecule has 0 aliphatic carbocycles. The summed E-state index contributed by atoms with van der Waals surface area (Å²) in [7, 11) is 0. The second-order valence-electron chi connectivity index (χ2n) is 1.28. The molecule has 156 valence electrons. The molecule has 0 bridgehead atoms. The second-order valence-corrected chi connectivity index (χ2v) is 6.63. The predicted octanol–water partition coefficient (Wildman–Crippen LogP) is -50.0. The maximum atomic E-state index is 10.0. The molecule has 0 amide bonds. The molecule has 0 aliphatic heterocycles. The van der Waals surface area contributed by atoms with E-state index in [9.17, 15) is 20.8 Å². The molecule has 0 aromatic rings. The van der Waals surface area contributed by atoms with Gasteiger partial charge in [0.25, 0.3) is 0 Å². The van der Waals surface area contributed by atoms with E-state index in [-0.39, 0.29) is 226 Å². The Bertz CT molecular complexity index is 144. The van der Waals surface area contributed by atoms with Gasteiger partial charge in [0.2, 0.25) is 0 Å². The topological polar surface area (TPSA) is 277 Å². The molecule has 0 radical (unpaired) electrons. The van der Waals surface area contributed by atoms with Gasteiger partial charge in [-0.1, -0.05) is 0 Å². The van der Waals surface area contributed by atoms with Crippen molar-refractivity contribution in [3.63, 3.8) is 0 Å². The third-order valence-corrected chi connectivity index (χ3v) is 0. The Morgan fingerprint density at radius 1 is 0.194 bits per heavy atom. The van der Waals surface area contributed by atoms with Crippen LogP contribution in [0, 0.1) is 0 Å². The molecule has 0 atom stereocenters. The molecule has 0 saturated heterocycles. The zero-order chi connectivity index (χ0) is 21.5. The molecule has 0 heterocycles. The summed E-state index contributed by atoms with van der Waals surface area (Å²) >= 11 is -25.1. The van der Waals surface area contributed by atoms with Crippen LogP contribution in [-0.2, 0) is 0 Å². The van der Waals surface area contributed by atoms with Gasteiger partial charge in [0.1, 0.15) is 0 Å². The molecular formula is As6F6Li12O12. The van der Waals surface area contributed by atoms with E-state index in [1.54, 1.807) is 0 Å². The standard InChI is InChI=1S/6AsFO2.12Li/c6*2-1(3)4;;;;;;;;;;;;/q6*-2;12*+1. The first-order chi connectivity index (χ1) is 10.4. The molecule has 0 unspecified atom stereocenters. The Morgan fingerprint density at radius 3 is 0.194 bits per heavy atom. The van der Waals surface area contributed by atoms with E-state index >= 15 is 0 Å². The SMILES string of the molecule is [Li+].[Li+].[Li+].[Li+].[Li+].[Li+].[Li+].[Li+].[Li+].[Li+].[Li+].[Li+].[O-][As]([O-])F.[O-][As]([O-])F.[O-][As]([O-])F.[O-][As]([O-])F.[O-][As]([O-])F.[O-][As]([O-])F. The van der Waals surface area contributed by atoms with Gasteiger partial charge in [0, 0.05) is 0 Å². The van der Waals surface area contributed by atoms with Crippen LogP contribution in [0.2, 0.25) is 0 Å². The van der Waals surface area contributed by atoms with Crippen molar-refractivity contribution in [3.8, 4) is 0 Å². The van der Waals surface area contributed by atoms with E-state index in [0.717, 1.165) is 0 Å². The van der Waals surface area contributed by atoms with Crippen LogP contribution in [0.3, 0.4) is 0 Å². The quantitative estimate of drug-likeness (QED) is 0.163. The van der Waals surface area contributed by atoms with Crippen LogP contribution in [-0.4, -0.2) is 94.8 Å². The fraction of sp³-hybridized carbons (Fsp3) is 0. The molecule has 12 nitrogen and oxygen atoms in total. The van der Waals surface area contributed by atoms with Gasteiger partial charge in [-0.05, 0) is 0 Å². The van der Waals surface area contributed by atoms with Gasteiger partial charge >= 0.3 is 391 Å². The van der Waals surface area contributed by atoms with Gasteiger partial charge in [-0.25, -0.2) is 0 Å². The monoisotopic (exact) mass is 840 g/mol. The molecule has 0 aliphatic rings. The predicted molar refractivity (Wildman–Crippen MR) is 41.2 cm³/mol. The van der Waals surface area contributed by atoms with E-state index < -0.39 is 94.8 Å². The number of rotatable bonds is 0. The molecule has 0 N–H and O–H groups in total. The van der Waals surface area contributed by atoms with Crippen LogP contribution >= 0.6 is 0 Å². The van der Waals surface area contributed by atoms with Crippen molar-refractivity contribution in [2.24, 2.45) is 0 Å². The third kappa shape index (κ3) is 856. The van der Waals surface area contributed by atoms with Crippen molar-refractivity contribution in [2.75, 3.05) is 0 Å². The molecule has 0 spiro atoms. The van der Waals surface area contributed by atoms with Gasteiger partial charge in [0.15, 0.2) is 0 Å². The summed E-state index contributed by atoms with van der Waals surface area (Å²) in [5.74, 6) is 0. The number of hydrogen-bond donors (Lipinski definition) is 0. The Kier molecular flexibility index (Phi) is 368. The first-order valence-electron chi connectivity index (χ1n) is 3.21. The van der Waals surface area contributed by atoms with Gasteiger partial charge in [-0.2, -0.15) is 0 Å². The zero-order valence-corrected chi connectivity index (χ0v) is 33.1. The normalized spacial score (nSPS) is 6.00. The average molecular weight is 839 g/mol. The first kappa shape index (κ1) is 119. The maximum absolute atomic E-state index is 10.0. The van der Waals surface area contributed by atoms with E-state index in [1.807, 2.05) is 0 Å². The van der Waals surface area contributed by atoms with E-state index in [0.29, 0.717) is 0 Å². The minimum absolute atomic E-state index is 0. The molecule has 36 heteroatoms. The number of hydrogen-bond acceptors (Lipinski definition) is 12. The molecular weight excluding hydrogens is 839 g/mol. The summed E-state index contributed by atoms with van der Waals surface area (Å²) in [6, 6.07) is 0. The zero-order valence-electron chi connectivity index (χ0n) is 21.9. The van der Waals surface area contributed by atoms with Crippen LogP contribution in [0.5, 0.6) is 0 Å². The van der Waals surface area contributed by atoms with Gasteiger partial charge in [-0.15, -0.1) is 0 Å². The Balaban J connectivity index is -0.00000000633. The summed E-state index contributed by atoms with van der Waals surface area (Å²) in [6.07, 6.45) is 0. The van der Waals surface area contributed by atoms with Crippen molar-refractivity contribution in [2.45, 2.75) is 0 Å². The van der Waals surface area contributed by atoms with Crippen LogP contribution in [0.4, 0.5) is 20.8 Å². The molecule has 0 aromatic carbocycles. The summed E-state index contributed by atoms with van der Waals surface area (Å²) in [6.45, 7) is 0. The van der Waals surface area contributed by atoms with E-state index in [1.165, 1.54) is 0 Å². The fourth-order valence-corrected chi connectivity index (χ4v) is 0. The average Bonchev–Trinajstić information content (AvgIpc) is 2.08. The van der Waals surface area contributed by atoms with Crippen molar-refractivity contribution < 1.29 is 296 Å². The molecule has 0 aromatic heterocycles. The molecule has 0 rings (SSSR count). The summed E-state index contributed by atoms with van der Waals surface area (Å²) in [4.78, 5) is 0. The van der Waals surface area contributed by atoms with Crippen LogP contribution in [0.25, 0.3) is 0 Å². The Hall–Kier alpha value is 9.62. The second kappa shape index (κ2) is 111. The summed E-state index contributed by atoms with van der Waals surface area (Å²) < 4.78 is 162. The van der Waals surface area contributed by atoms with Gasteiger partial charge in [-0.3, -0.25) is 0 Å². The molecule has 0 saturated carbocycles.